The first-order valence-electron chi connectivity index (χ1n) is 10.3. The molecule has 0 N–H and O–H groups in total. The van der Waals surface area contributed by atoms with Crippen molar-refractivity contribution >= 4 is 28.6 Å². The molecular weight excluding hydrogens is 366 g/mol. The van der Waals surface area contributed by atoms with Crippen LogP contribution in [0.1, 0.15) is 54.4 Å². The quantitative estimate of drug-likeness (QED) is 0.669. The molecule has 0 aliphatic carbocycles. The molecule has 2 saturated heterocycles. The number of anilines is 1. The highest BCUT2D eigenvalue weighted by atomic mass is 16.3. The second-order valence-corrected chi connectivity index (χ2v) is 7.73. The Balaban J connectivity index is 1.45. The van der Waals surface area contributed by atoms with Crippen LogP contribution in [-0.4, -0.2) is 34.8 Å². The van der Waals surface area contributed by atoms with Crippen molar-refractivity contribution in [1.29, 1.82) is 0 Å². The first-order chi connectivity index (χ1) is 14.2. The molecule has 6 nitrogen and oxygen atoms in total. The van der Waals surface area contributed by atoms with E-state index in [4.69, 9.17) is 4.42 Å². The van der Waals surface area contributed by atoms with Gasteiger partial charge in [0.2, 0.25) is 11.8 Å². The van der Waals surface area contributed by atoms with Gasteiger partial charge >= 0.3 is 0 Å². The van der Waals surface area contributed by atoms with Gasteiger partial charge in [0.05, 0.1) is 0 Å². The Morgan fingerprint density at radius 3 is 2.76 bits per heavy atom. The van der Waals surface area contributed by atoms with Gasteiger partial charge in [-0.15, -0.1) is 0 Å². The maximum absolute atomic E-state index is 13.4. The largest absolute Gasteiger partial charge is 0.438 e. The molecule has 1 atom stereocenters. The molecular formula is C23H23N3O3. The van der Waals surface area contributed by atoms with Gasteiger partial charge in [0.1, 0.15) is 11.6 Å². The molecule has 2 aromatic carbocycles. The summed E-state index contributed by atoms with van der Waals surface area (Å²) in [4.78, 5) is 33.8. The minimum Gasteiger partial charge on any atom is -0.438 e. The van der Waals surface area contributed by atoms with Gasteiger partial charge in [-0.1, -0.05) is 18.2 Å². The molecule has 0 saturated carbocycles. The van der Waals surface area contributed by atoms with Gasteiger partial charge in [0.15, 0.2) is 5.58 Å². The van der Waals surface area contributed by atoms with Crippen molar-refractivity contribution in [2.45, 2.75) is 38.1 Å². The predicted octanol–water partition coefficient (Wildman–Crippen LogP) is 4.32. The van der Waals surface area contributed by atoms with E-state index >= 15 is 0 Å². The van der Waals surface area contributed by atoms with Gasteiger partial charge in [-0.05, 0) is 56.0 Å². The van der Waals surface area contributed by atoms with Gasteiger partial charge in [-0.25, -0.2) is 4.98 Å². The maximum atomic E-state index is 13.4. The van der Waals surface area contributed by atoms with Crippen LogP contribution in [0.2, 0.25) is 0 Å². The number of aromatic nitrogens is 1. The molecule has 148 valence electrons. The van der Waals surface area contributed by atoms with E-state index in [-0.39, 0.29) is 17.9 Å². The van der Waals surface area contributed by atoms with Crippen LogP contribution in [0.15, 0.2) is 52.9 Å². The van der Waals surface area contributed by atoms with Crippen molar-refractivity contribution in [3.63, 3.8) is 0 Å². The molecule has 2 fully saturated rings. The molecule has 0 spiro atoms. The Hall–Kier alpha value is -3.15. The average Bonchev–Trinajstić information content (AvgIpc) is 3.39. The fourth-order valence-corrected chi connectivity index (χ4v) is 4.36. The minimum atomic E-state index is -0.166. The zero-order chi connectivity index (χ0) is 19.8. The first-order valence-corrected chi connectivity index (χ1v) is 10.3. The van der Waals surface area contributed by atoms with E-state index in [0.717, 1.165) is 42.5 Å². The number of amides is 2. The van der Waals surface area contributed by atoms with Crippen LogP contribution in [0.3, 0.4) is 0 Å². The monoisotopic (exact) mass is 389 g/mol. The summed E-state index contributed by atoms with van der Waals surface area (Å²) >= 11 is 0. The molecule has 1 aromatic heterocycles. The summed E-state index contributed by atoms with van der Waals surface area (Å²) in [7, 11) is 0. The molecule has 2 aliphatic rings. The van der Waals surface area contributed by atoms with Gasteiger partial charge in [0.25, 0.3) is 5.91 Å². The molecule has 5 rings (SSSR count). The number of likely N-dealkylation sites (tertiary alicyclic amines) is 1. The number of oxazole rings is 1. The van der Waals surface area contributed by atoms with Crippen molar-refractivity contribution in [2.24, 2.45) is 0 Å². The number of para-hydroxylation sites is 2. The Morgan fingerprint density at radius 2 is 1.93 bits per heavy atom. The van der Waals surface area contributed by atoms with Crippen molar-refractivity contribution in [3.05, 3.63) is 60.0 Å². The topological polar surface area (TPSA) is 66.7 Å². The number of carbonyl (C=O) groups is 2. The van der Waals surface area contributed by atoms with Crippen LogP contribution in [0.25, 0.3) is 11.1 Å². The summed E-state index contributed by atoms with van der Waals surface area (Å²) in [6, 6.07) is 14.9. The summed E-state index contributed by atoms with van der Waals surface area (Å²) < 4.78 is 5.98. The van der Waals surface area contributed by atoms with E-state index in [0.29, 0.717) is 31.0 Å². The Bertz CT molecular complexity index is 1040. The number of fused-ring (bicyclic) bond motifs is 1. The molecule has 0 bridgehead atoms. The number of hydrogen-bond acceptors (Lipinski definition) is 4. The fraction of sp³-hybridized carbons (Fsp3) is 0.348. The van der Waals surface area contributed by atoms with Crippen LogP contribution in [0.5, 0.6) is 0 Å². The van der Waals surface area contributed by atoms with Crippen LogP contribution in [0.4, 0.5) is 5.69 Å². The average molecular weight is 389 g/mol. The second kappa shape index (κ2) is 7.35. The summed E-state index contributed by atoms with van der Waals surface area (Å²) in [6.45, 7) is 1.39. The van der Waals surface area contributed by atoms with Gasteiger partial charge in [-0.3, -0.25) is 9.59 Å². The Labute approximate surface area is 169 Å². The third-order valence-corrected chi connectivity index (χ3v) is 5.84. The van der Waals surface area contributed by atoms with E-state index in [1.54, 1.807) is 4.90 Å². The molecule has 3 heterocycles. The second-order valence-electron chi connectivity index (χ2n) is 7.73. The Kier molecular flexibility index (Phi) is 4.54. The van der Waals surface area contributed by atoms with E-state index in [9.17, 15) is 9.59 Å². The van der Waals surface area contributed by atoms with E-state index < -0.39 is 0 Å². The normalized spacial score (nSPS) is 19.9. The lowest BCUT2D eigenvalue weighted by Gasteiger charge is -2.34. The van der Waals surface area contributed by atoms with E-state index in [1.807, 2.05) is 53.4 Å². The van der Waals surface area contributed by atoms with Crippen LogP contribution in [0, 0.1) is 0 Å². The standard InChI is InChI=1S/C23H23N3O3/c27-21-12-6-14-25(21)17-8-5-7-16(15-17)23(28)26-13-4-3-10-19(26)22-24-18-9-1-2-11-20(18)29-22/h1-2,5,7-9,11,15,19H,3-4,6,10,12-14H2/t19-/m1/s1. The highest BCUT2D eigenvalue weighted by Crippen LogP contribution is 2.34. The van der Waals surface area contributed by atoms with Gasteiger partial charge in [0, 0.05) is 30.8 Å². The first kappa shape index (κ1) is 17.9. The van der Waals surface area contributed by atoms with Crippen LogP contribution >= 0.6 is 0 Å². The van der Waals surface area contributed by atoms with Crippen molar-refractivity contribution in [3.8, 4) is 0 Å². The SMILES string of the molecule is O=C1CCCN1c1cccc(C(=O)N2CCCC[C@@H]2c2nc3ccccc3o2)c1. The Morgan fingerprint density at radius 1 is 1.03 bits per heavy atom. The number of piperidine rings is 1. The third-order valence-electron chi connectivity index (χ3n) is 5.84. The van der Waals surface area contributed by atoms with Crippen LogP contribution < -0.4 is 4.90 Å². The molecule has 0 unspecified atom stereocenters. The lowest BCUT2D eigenvalue weighted by Crippen LogP contribution is -2.38. The van der Waals surface area contributed by atoms with Gasteiger partial charge in [-0.2, -0.15) is 0 Å². The maximum Gasteiger partial charge on any atom is 0.254 e. The predicted molar refractivity (Wildman–Crippen MR) is 110 cm³/mol. The summed E-state index contributed by atoms with van der Waals surface area (Å²) in [5.41, 5.74) is 2.96. The lowest BCUT2D eigenvalue weighted by atomic mass is 10.0. The molecule has 2 amide bonds. The summed E-state index contributed by atoms with van der Waals surface area (Å²) in [5, 5.41) is 0. The highest BCUT2D eigenvalue weighted by Gasteiger charge is 2.32. The zero-order valence-corrected chi connectivity index (χ0v) is 16.2. The number of hydrogen-bond donors (Lipinski definition) is 0. The van der Waals surface area contributed by atoms with Gasteiger partial charge < -0.3 is 14.2 Å². The zero-order valence-electron chi connectivity index (χ0n) is 16.2. The molecule has 0 radical (unpaired) electrons. The van der Waals surface area contributed by atoms with Crippen molar-refractivity contribution < 1.29 is 14.0 Å². The fourth-order valence-electron chi connectivity index (χ4n) is 4.36. The molecule has 6 heteroatoms. The molecule has 2 aliphatic heterocycles. The van der Waals surface area contributed by atoms with E-state index in [1.165, 1.54) is 0 Å². The molecule has 3 aromatic rings. The van der Waals surface area contributed by atoms with Crippen molar-refractivity contribution in [1.82, 2.24) is 9.88 Å². The number of benzene rings is 2. The summed E-state index contributed by atoms with van der Waals surface area (Å²) in [6.07, 6.45) is 4.28. The van der Waals surface area contributed by atoms with E-state index in [2.05, 4.69) is 4.98 Å². The van der Waals surface area contributed by atoms with Crippen molar-refractivity contribution in [2.75, 3.05) is 18.0 Å². The smallest absolute Gasteiger partial charge is 0.254 e. The highest BCUT2D eigenvalue weighted by molar-refractivity contribution is 5.99. The lowest BCUT2D eigenvalue weighted by molar-refractivity contribution is -0.117. The molecule has 29 heavy (non-hydrogen) atoms. The summed E-state index contributed by atoms with van der Waals surface area (Å²) in [5.74, 6) is 0.688. The third kappa shape index (κ3) is 3.28. The van der Waals surface area contributed by atoms with Crippen LogP contribution in [-0.2, 0) is 4.79 Å². The number of rotatable bonds is 3. The minimum absolute atomic E-state index is 0.0366. The number of nitrogens with zero attached hydrogens (tertiary/aromatic N) is 3. The number of carbonyl (C=O) groups excluding carboxylic acids is 2.